The van der Waals surface area contributed by atoms with Gasteiger partial charge in [-0.1, -0.05) is 66.7 Å². The minimum absolute atomic E-state index is 0.0426. The molecular formula is C43H45F3N12O6. The molecule has 1 aliphatic carbocycles. The number of benzene rings is 2. The van der Waals surface area contributed by atoms with Gasteiger partial charge in [0.2, 0.25) is 5.82 Å². The van der Waals surface area contributed by atoms with Gasteiger partial charge in [-0.25, -0.2) is 29.5 Å². The number of nitrogens with zero attached hydrogens (tertiary/aromatic N) is 8. The number of carbonyl (C=O) groups excluding carboxylic acids is 3. The molecule has 21 heteroatoms. The number of fused-ring (bicyclic) bond motifs is 1. The van der Waals surface area contributed by atoms with Gasteiger partial charge >= 0.3 is 18.2 Å². The number of nitrogens with one attached hydrogen (secondary N) is 4. The second-order valence-corrected chi connectivity index (χ2v) is 15.5. The van der Waals surface area contributed by atoms with Gasteiger partial charge in [0.05, 0.1) is 24.6 Å². The summed E-state index contributed by atoms with van der Waals surface area (Å²) in [5.74, 6) is -2.30. The van der Waals surface area contributed by atoms with Crippen LogP contribution in [0.25, 0.3) is 11.2 Å². The van der Waals surface area contributed by atoms with Crippen LogP contribution in [-0.4, -0.2) is 120 Å². The summed E-state index contributed by atoms with van der Waals surface area (Å²) in [4.78, 5) is 58.0. The summed E-state index contributed by atoms with van der Waals surface area (Å²) >= 11 is 0. The topological polar surface area (TPSA) is 227 Å². The van der Waals surface area contributed by atoms with Crippen molar-refractivity contribution in [3.05, 3.63) is 126 Å². The molecule has 0 spiro atoms. The fourth-order valence-electron chi connectivity index (χ4n) is 8.06. The normalized spacial score (nSPS) is 19.8. The lowest BCUT2D eigenvalue weighted by molar-refractivity contribution is -0.201. The maximum absolute atomic E-state index is 13.7. The van der Waals surface area contributed by atoms with E-state index in [4.69, 9.17) is 0 Å². The molecule has 8 rings (SSSR count). The Balaban J connectivity index is 0.990. The average molecular weight is 883 g/mol. The van der Waals surface area contributed by atoms with Crippen LogP contribution in [-0.2, 0) is 16.1 Å². The van der Waals surface area contributed by atoms with E-state index in [9.17, 15) is 37.8 Å². The number of pyridine rings is 1. The number of hydrogen-bond acceptors (Lipinski definition) is 13. The molecule has 0 unspecified atom stereocenters. The van der Waals surface area contributed by atoms with Gasteiger partial charge in [-0.15, -0.1) is 0 Å². The Bertz CT molecular complexity index is 2510. The van der Waals surface area contributed by atoms with Gasteiger partial charge in [-0.05, 0) is 36.1 Å². The lowest BCUT2D eigenvalue weighted by Crippen LogP contribution is -2.45. The third-order valence-corrected chi connectivity index (χ3v) is 11.3. The number of aromatic nitrogens is 7. The molecule has 0 radical (unpaired) electrons. The summed E-state index contributed by atoms with van der Waals surface area (Å²) in [7, 11) is 0. The van der Waals surface area contributed by atoms with E-state index in [0.717, 1.165) is 29.9 Å². The van der Waals surface area contributed by atoms with Crippen LogP contribution in [0.1, 0.15) is 58.2 Å². The van der Waals surface area contributed by atoms with Gasteiger partial charge in [0.25, 0.3) is 5.91 Å². The second kappa shape index (κ2) is 19.1. The summed E-state index contributed by atoms with van der Waals surface area (Å²) in [6, 6.07) is 23.2. The van der Waals surface area contributed by atoms with Crippen molar-refractivity contribution in [3.63, 3.8) is 0 Å². The third kappa shape index (κ3) is 9.89. The summed E-state index contributed by atoms with van der Waals surface area (Å²) < 4.78 is 45.2. The third-order valence-electron chi connectivity index (χ3n) is 11.3. The second-order valence-electron chi connectivity index (χ2n) is 15.5. The first-order chi connectivity index (χ1) is 30.9. The van der Waals surface area contributed by atoms with Crippen molar-refractivity contribution in [2.45, 2.75) is 61.9 Å². The van der Waals surface area contributed by atoms with Crippen LogP contribution in [0.3, 0.4) is 0 Å². The summed E-state index contributed by atoms with van der Waals surface area (Å²) in [6.07, 6.45) is -1.48. The molecule has 18 nitrogen and oxygen atoms in total. The Kier molecular flexibility index (Phi) is 13.0. The maximum atomic E-state index is 13.7. The highest BCUT2D eigenvalue weighted by atomic mass is 19.4. The molecule has 6 N–H and O–H groups in total. The van der Waals surface area contributed by atoms with Crippen LogP contribution >= 0.6 is 0 Å². The van der Waals surface area contributed by atoms with Crippen molar-refractivity contribution in [2.75, 3.05) is 42.9 Å². The number of amides is 3. The number of halogens is 3. The van der Waals surface area contributed by atoms with Gasteiger partial charge in [0.1, 0.15) is 30.1 Å². The van der Waals surface area contributed by atoms with E-state index in [1.165, 1.54) is 28.0 Å². The zero-order valence-corrected chi connectivity index (χ0v) is 34.2. The van der Waals surface area contributed by atoms with E-state index in [1.807, 2.05) is 78.9 Å². The molecule has 2 aromatic carbocycles. The van der Waals surface area contributed by atoms with Gasteiger partial charge in [0, 0.05) is 62.6 Å². The van der Waals surface area contributed by atoms with E-state index < -0.39 is 49.0 Å². The Hall–Kier alpha value is -7.13. The maximum Gasteiger partial charge on any atom is 0.490 e. The first kappa shape index (κ1) is 43.5. The smallest absolute Gasteiger partial charge is 0.454 e. The van der Waals surface area contributed by atoms with Gasteiger partial charge in [-0.2, -0.15) is 18.3 Å². The predicted octanol–water partition coefficient (Wildman–Crippen LogP) is 3.48. The van der Waals surface area contributed by atoms with Crippen molar-refractivity contribution >= 4 is 40.7 Å². The average Bonchev–Trinajstić information content (AvgIpc) is 4.12. The van der Waals surface area contributed by atoms with E-state index in [1.54, 1.807) is 6.20 Å². The molecule has 2 fully saturated rings. The van der Waals surface area contributed by atoms with E-state index >= 15 is 0 Å². The summed E-state index contributed by atoms with van der Waals surface area (Å²) in [6.45, 7) is 1.13. The summed E-state index contributed by atoms with van der Waals surface area (Å²) in [5.41, 5.74) is 2.64. The van der Waals surface area contributed by atoms with Crippen molar-refractivity contribution in [1.82, 2.24) is 50.2 Å². The molecule has 4 aromatic heterocycles. The Morgan fingerprint density at radius 3 is 2.28 bits per heavy atom. The van der Waals surface area contributed by atoms with Gasteiger partial charge < -0.3 is 45.7 Å². The van der Waals surface area contributed by atoms with Gasteiger partial charge in [-0.3, -0.25) is 9.48 Å². The highest BCUT2D eigenvalue weighted by Gasteiger charge is 2.45. The number of esters is 1. The summed E-state index contributed by atoms with van der Waals surface area (Å²) in [5, 5.41) is 38.7. The molecule has 5 heterocycles. The molecule has 2 aliphatic rings. The monoisotopic (exact) mass is 882 g/mol. The predicted molar refractivity (Wildman–Crippen MR) is 225 cm³/mol. The molecule has 64 heavy (non-hydrogen) atoms. The van der Waals surface area contributed by atoms with Crippen LogP contribution < -0.4 is 26.2 Å². The molecule has 3 amide bonds. The SMILES string of the molecule is O=C(NCCNC(=O)c1nc(NCC(c2ccccc2)c2ccccc2)c2ncn([C@@H]3C[C@H](n4cc(COC(=O)C(F)(F)F)cn4)[C@@H](O)[C@H]3O)c2n1)N[C@H]1CCN(c2ccccn2)C1. The fourth-order valence-corrected chi connectivity index (χ4v) is 8.06. The number of imidazole rings is 1. The van der Waals surface area contributed by atoms with Crippen molar-refractivity contribution in [3.8, 4) is 0 Å². The molecule has 334 valence electrons. The largest absolute Gasteiger partial charge is 0.490 e. The molecule has 6 aromatic rings. The standard InChI is InChI=1S/C43H45F3N12O6/c44-43(45,46)41(62)64-24-26-20-52-58(22-26)32-19-31(35(59)36(32)60)57-25-51-34-37(50-21-30(27-9-3-1-4-10-27)28-11-5-2-6-12-28)54-38(55-39(34)57)40(61)48-16-17-49-42(63)53-29-14-18-56(23-29)33-13-7-8-15-47-33/h1-13,15,20,22,25,29-32,35-36,59-60H,14,16-19,21,23-24H2,(H,48,61)(H2,49,53,63)(H,50,54,55)/t29-,31+,32-,35-,36+/m0/s1. The molecule has 1 saturated heterocycles. The zero-order chi connectivity index (χ0) is 44.8. The van der Waals surface area contributed by atoms with E-state index in [0.29, 0.717) is 13.1 Å². The number of aliphatic hydroxyl groups is 2. The quantitative estimate of drug-likeness (QED) is 0.0643. The van der Waals surface area contributed by atoms with Crippen LogP contribution in [0.5, 0.6) is 0 Å². The molecular weight excluding hydrogens is 838 g/mol. The Morgan fingerprint density at radius 1 is 0.875 bits per heavy atom. The lowest BCUT2D eigenvalue weighted by Gasteiger charge is -2.20. The zero-order valence-electron chi connectivity index (χ0n) is 34.2. The molecule has 5 atom stereocenters. The first-order valence-electron chi connectivity index (χ1n) is 20.6. The lowest BCUT2D eigenvalue weighted by atomic mass is 9.91. The minimum atomic E-state index is -5.16. The Labute approximate surface area is 363 Å². The number of urea groups is 1. The number of aliphatic hydroxyl groups excluding tert-OH is 2. The van der Waals surface area contributed by atoms with Crippen molar-refractivity contribution in [1.29, 1.82) is 0 Å². The van der Waals surface area contributed by atoms with Crippen LogP contribution in [0.15, 0.2) is 104 Å². The molecule has 1 saturated carbocycles. The number of rotatable bonds is 15. The number of carbonyl (C=O) groups is 3. The fraction of sp³-hybridized carbons (Fsp3) is 0.349. The molecule has 1 aliphatic heterocycles. The van der Waals surface area contributed by atoms with Crippen LogP contribution in [0, 0.1) is 0 Å². The Morgan fingerprint density at radius 2 is 1.58 bits per heavy atom. The highest BCUT2D eigenvalue weighted by Crippen LogP contribution is 2.40. The van der Waals surface area contributed by atoms with E-state index in [2.05, 4.69) is 55.9 Å². The van der Waals surface area contributed by atoms with Crippen LogP contribution in [0.2, 0.25) is 0 Å². The van der Waals surface area contributed by atoms with Crippen LogP contribution in [0.4, 0.5) is 29.6 Å². The minimum Gasteiger partial charge on any atom is -0.454 e. The van der Waals surface area contributed by atoms with E-state index in [-0.39, 0.29) is 65.9 Å². The first-order valence-corrected chi connectivity index (χ1v) is 20.6. The van der Waals surface area contributed by atoms with Gasteiger partial charge in [0.15, 0.2) is 11.5 Å². The number of ether oxygens (including phenoxy) is 1. The number of hydrogen-bond donors (Lipinski definition) is 6. The number of alkyl halides is 3. The van der Waals surface area contributed by atoms with Crippen molar-refractivity contribution < 1.29 is 42.5 Å². The molecule has 0 bridgehead atoms. The highest BCUT2D eigenvalue weighted by molar-refractivity contribution is 5.94. The number of anilines is 2. The van der Waals surface area contributed by atoms with Crippen molar-refractivity contribution in [2.24, 2.45) is 0 Å².